The molecule has 0 spiro atoms. The lowest BCUT2D eigenvalue weighted by Gasteiger charge is -2.38. The molecule has 0 bridgehead atoms. The van der Waals surface area contributed by atoms with E-state index in [4.69, 9.17) is 0 Å². The van der Waals surface area contributed by atoms with E-state index in [9.17, 15) is 9.90 Å². The van der Waals surface area contributed by atoms with E-state index >= 15 is 0 Å². The second-order valence-corrected chi connectivity index (χ2v) is 6.72. The molecule has 0 amide bonds. The van der Waals surface area contributed by atoms with Crippen LogP contribution in [0.5, 0.6) is 0 Å². The maximum atomic E-state index is 12.6. The zero-order valence-corrected chi connectivity index (χ0v) is 12.0. The Hall–Kier alpha value is -0.370. The van der Waals surface area contributed by atoms with E-state index < -0.39 is 5.60 Å². The zero-order valence-electron chi connectivity index (χ0n) is 12.0. The third-order valence-corrected chi connectivity index (χ3v) is 5.29. The van der Waals surface area contributed by atoms with Gasteiger partial charge < -0.3 is 5.11 Å². The molecule has 104 valence electrons. The normalized spacial score (nSPS) is 41.6. The third kappa shape index (κ3) is 2.96. The fourth-order valence-corrected chi connectivity index (χ4v) is 3.77. The molecule has 0 aromatic carbocycles. The number of carbonyl (C=O) groups is 1. The summed E-state index contributed by atoms with van der Waals surface area (Å²) in [6.45, 7) is 4.44. The van der Waals surface area contributed by atoms with Crippen molar-refractivity contribution >= 4 is 5.78 Å². The van der Waals surface area contributed by atoms with Crippen molar-refractivity contribution in [2.24, 2.45) is 17.8 Å². The Bertz CT molecular complexity index is 289. The number of aliphatic hydroxyl groups is 1. The van der Waals surface area contributed by atoms with Crippen LogP contribution in [0, 0.1) is 17.8 Å². The highest BCUT2D eigenvalue weighted by molar-refractivity contribution is 5.89. The van der Waals surface area contributed by atoms with E-state index in [1.54, 1.807) is 0 Å². The second kappa shape index (κ2) is 5.73. The SMILES string of the molecule is CCC1CCCC(C(=O)C2(O)CCC(C)CC2)C1. The van der Waals surface area contributed by atoms with Gasteiger partial charge >= 0.3 is 0 Å². The highest BCUT2D eigenvalue weighted by atomic mass is 16.3. The molecule has 2 fully saturated rings. The van der Waals surface area contributed by atoms with E-state index in [2.05, 4.69) is 13.8 Å². The van der Waals surface area contributed by atoms with Crippen molar-refractivity contribution in [3.8, 4) is 0 Å². The van der Waals surface area contributed by atoms with Crippen molar-refractivity contribution < 1.29 is 9.90 Å². The number of hydrogen-bond acceptors (Lipinski definition) is 2. The minimum Gasteiger partial charge on any atom is -0.382 e. The van der Waals surface area contributed by atoms with Crippen LogP contribution in [0.2, 0.25) is 0 Å². The average molecular weight is 252 g/mol. The molecule has 0 aliphatic heterocycles. The van der Waals surface area contributed by atoms with Gasteiger partial charge in [0.05, 0.1) is 0 Å². The topological polar surface area (TPSA) is 37.3 Å². The van der Waals surface area contributed by atoms with Crippen molar-refractivity contribution in [1.29, 1.82) is 0 Å². The lowest BCUT2D eigenvalue weighted by atomic mass is 9.69. The summed E-state index contributed by atoms with van der Waals surface area (Å²) in [5.41, 5.74) is -0.979. The number of ketones is 1. The van der Waals surface area contributed by atoms with Gasteiger partial charge in [-0.15, -0.1) is 0 Å². The summed E-state index contributed by atoms with van der Waals surface area (Å²) < 4.78 is 0. The predicted octanol–water partition coefficient (Wildman–Crippen LogP) is 3.71. The Labute approximate surface area is 111 Å². The zero-order chi connectivity index (χ0) is 13.2. The van der Waals surface area contributed by atoms with Gasteiger partial charge in [-0.2, -0.15) is 0 Å². The fraction of sp³-hybridized carbons (Fsp3) is 0.938. The first-order chi connectivity index (χ1) is 8.55. The summed E-state index contributed by atoms with van der Waals surface area (Å²) >= 11 is 0. The maximum absolute atomic E-state index is 12.6. The average Bonchev–Trinajstić information content (AvgIpc) is 2.41. The van der Waals surface area contributed by atoms with Gasteiger partial charge in [0.2, 0.25) is 0 Å². The Morgan fingerprint density at radius 2 is 1.89 bits per heavy atom. The van der Waals surface area contributed by atoms with E-state index in [1.165, 1.54) is 19.3 Å². The molecular weight excluding hydrogens is 224 g/mol. The molecule has 2 nitrogen and oxygen atoms in total. The van der Waals surface area contributed by atoms with Gasteiger partial charge in [-0.3, -0.25) is 4.79 Å². The molecule has 0 heterocycles. The molecule has 18 heavy (non-hydrogen) atoms. The van der Waals surface area contributed by atoms with Crippen LogP contribution < -0.4 is 0 Å². The Balaban J connectivity index is 1.97. The van der Waals surface area contributed by atoms with Crippen LogP contribution in [0.3, 0.4) is 0 Å². The van der Waals surface area contributed by atoms with Crippen LogP contribution in [0.4, 0.5) is 0 Å². The quantitative estimate of drug-likeness (QED) is 0.831. The van der Waals surface area contributed by atoms with E-state index in [-0.39, 0.29) is 11.7 Å². The number of Topliss-reactive ketones (excluding diaryl/α,β-unsaturated/α-hetero) is 1. The molecule has 2 aliphatic rings. The van der Waals surface area contributed by atoms with Crippen molar-refractivity contribution in [2.45, 2.75) is 77.2 Å². The van der Waals surface area contributed by atoms with Crippen LogP contribution in [0.25, 0.3) is 0 Å². The Kier molecular flexibility index (Phi) is 4.47. The van der Waals surface area contributed by atoms with Gasteiger partial charge in [0.25, 0.3) is 0 Å². The summed E-state index contributed by atoms with van der Waals surface area (Å²) in [5.74, 6) is 1.70. The van der Waals surface area contributed by atoms with E-state index in [1.807, 2.05) is 0 Å². The molecular formula is C16H28O2. The molecule has 0 aromatic rings. The first-order valence-corrected chi connectivity index (χ1v) is 7.82. The minimum absolute atomic E-state index is 0.141. The summed E-state index contributed by atoms with van der Waals surface area (Å²) in [4.78, 5) is 12.6. The predicted molar refractivity (Wildman–Crippen MR) is 73.3 cm³/mol. The summed E-state index contributed by atoms with van der Waals surface area (Å²) in [7, 11) is 0. The highest BCUT2D eigenvalue weighted by Crippen LogP contribution is 2.39. The van der Waals surface area contributed by atoms with Gasteiger partial charge in [0.1, 0.15) is 5.60 Å². The molecule has 2 rings (SSSR count). The van der Waals surface area contributed by atoms with Crippen molar-refractivity contribution in [2.75, 3.05) is 0 Å². The maximum Gasteiger partial charge on any atom is 0.167 e. The highest BCUT2D eigenvalue weighted by Gasteiger charge is 2.42. The van der Waals surface area contributed by atoms with Gasteiger partial charge in [0.15, 0.2) is 5.78 Å². The largest absolute Gasteiger partial charge is 0.382 e. The summed E-state index contributed by atoms with van der Waals surface area (Å²) in [5, 5.41) is 10.6. The standard InChI is InChI=1S/C16H28O2/c1-3-13-5-4-6-14(11-13)15(17)16(18)9-7-12(2)8-10-16/h12-14,18H,3-11H2,1-2H3. The van der Waals surface area contributed by atoms with E-state index in [0.29, 0.717) is 24.7 Å². The summed E-state index contributed by atoms with van der Waals surface area (Å²) in [6.07, 6.45) is 9.05. The van der Waals surface area contributed by atoms with Gasteiger partial charge in [-0.25, -0.2) is 0 Å². The molecule has 0 aromatic heterocycles. The van der Waals surface area contributed by atoms with E-state index in [0.717, 1.165) is 25.7 Å². The van der Waals surface area contributed by atoms with Crippen molar-refractivity contribution in [3.63, 3.8) is 0 Å². The van der Waals surface area contributed by atoms with Crippen molar-refractivity contribution in [1.82, 2.24) is 0 Å². The molecule has 0 saturated heterocycles. The summed E-state index contributed by atoms with van der Waals surface area (Å²) in [6, 6.07) is 0. The van der Waals surface area contributed by atoms with Gasteiger partial charge in [-0.05, 0) is 50.4 Å². The van der Waals surface area contributed by atoms with Crippen LogP contribution in [0.15, 0.2) is 0 Å². The first kappa shape index (κ1) is 14.0. The minimum atomic E-state index is -0.979. The van der Waals surface area contributed by atoms with Crippen LogP contribution in [-0.4, -0.2) is 16.5 Å². The second-order valence-electron chi connectivity index (χ2n) is 6.72. The van der Waals surface area contributed by atoms with Gasteiger partial charge in [-0.1, -0.05) is 33.1 Å². The molecule has 2 atom stereocenters. The third-order valence-electron chi connectivity index (χ3n) is 5.29. The van der Waals surface area contributed by atoms with Crippen LogP contribution >= 0.6 is 0 Å². The number of hydrogen-bond donors (Lipinski definition) is 1. The lowest BCUT2D eigenvalue weighted by molar-refractivity contribution is -0.147. The smallest absolute Gasteiger partial charge is 0.167 e. The molecule has 2 aliphatic carbocycles. The van der Waals surface area contributed by atoms with Crippen molar-refractivity contribution in [3.05, 3.63) is 0 Å². The number of rotatable bonds is 3. The lowest BCUT2D eigenvalue weighted by Crippen LogP contribution is -2.46. The first-order valence-electron chi connectivity index (χ1n) is 7.82. The molecule has 0 radical (unpaired) electrons. The van der Waals surface area contributed by atoms with Crippen LogP contribution in [0.1, 0.15) is 71.6 Å². The fourth-order valence-electron chi connectivity index (χ4n) is 3.77. The Morgan fingerprint density at radius 1 is 1.22 bits per heavy atom. The molecule has 2 heteroatoms. The molecule has 2 unspecified atom stereocenters. The molecule has 1 N–H and O–H groups in total. The monoisotopic (exact) mass is 252 g/mol. The van der Waals surface area contributed by atoms with Crippen LogP contribution in [-0.2, 0) is 4.79 Å². The molecule has 2 saturated carbocycles. The van der Waals surface area contributed by atoms with Gasteiger partial charge in [0, 0.05) is 5.92 Å². The number of carbonyl (C=O) groups excluding carboxylic acids is 1. The Morgan fingerprint density at radius 3 is 2.50 bits per heavy atom.